The Balaban J connectivity index is 1.24. The molecule has 12 rings (SSSR count). The maximum Gasteiger partial charge on any atom is 0.264 e. The van der Waals surface area contributed by atoms with Gasteiger partial charge in [-0.25, -0.2) is 0 Å². The van der Waals surface area contributed by atoms with Gasteiger partial charge in [0.15, 0.2) is 0 Å². The molecule has 0 saturated heterocycles. The average molecular weight is 1040 g/mol. The van der Waals surface area contributed by atoms with E-state index >= 15 is 0 Å². The lowest BCUT2D eigenvalue weighted by atomic mass is 9.35. The van der Waals surface area contributed by atoms with Gasteiger partial charge < -0.3 is 14.7 Å². The number of anilines is 6. The highest BCUT2D eigenvalue weighted by molar-refractivity contribution is 7.33. The van der Waals surface area contributed by atoms with Crippen LogP contribution in [0.2, 0.25) is 0 Å². The molecule has 3 heterocycles. The van der Waals surface area contributed by atoms with Crippen molar-refractivity contribution in [2.24, 2.45) is 40.4 Å². The van der Waals surface area contributed by atoms with E-state index in [1.54, 1.807) is 11.1 Å². The fourth-order valence-corrected chi connectivity index (χ4v) is 17.5. The smallest absolute Gasteiger partial charge is 0.264 e. The van der Waals surface area contributed by atoms with Gasteiger partial charge in [0.2, 0.25) is 0 Å². The lowest BCUT2D eigenvalue weighted by molar-refractivity contribution is 0.0327. The van der Waals surface area contributed by atoms with E-state index in [9.17, 15) is 0 Å². The summed E-state index contributed by atoms with van der Waals surface area (Å²) in [7, 11) is 0. The summed E-state index contributed by atoms with van der Waals surface area (Å²) < 4.78 is 2.97. The second-order valence-electron chi connectivity index (χ2n) is 29.9. The van der Waals surface area contributed by atoms with E-state index in [2.05, 4.69) is 241 Å². The number of para-hydroxylation sites is 1. The van der Waals surface area contributed by atoms with E-state index in [0.717, 1.165) is 12.8 Å². The van der Waals surface area contributed by atoms with Gasteiger partial charge in [0.05, 0.1) is 5.69 Å². The normalized spacial score (nSPS) is 27.3. The number of aryl methyl sites for hydroxylation is 1. The lowest BCUT2D eigenvalue weighted by Crippen LogP contribution is -2.56. The Kier molecular flexibility index (Phi) is 12.7. The summed E-state index contributed by atoms with van der Waals surface area (Å²) >= 11 is 2.12. The van der Waals surface area contributed by atoms with Gasteiger partial charge in [-0.1, -0.05) is 165 Å². The first-order chi connectivity index (χ1) is 36.3. The average Bonchev–Trinajstić information content (AvgIpc) is 4.05. The number of benzene rings is 4. The molecule has 7 aliphatic rings. The summed E-state index contributed by atoms with van der Waals surface area (Å²) in [6.45, 7) is 42.3. The van der Waals surface area contributed by atoms with Crippen molar-refractivity contribution >= 4 is 72.5 Å². The van der Waals surface area contributed by atoms with Gasteiger partial charge in [0.1, 0.15) is 0 Å². The summed E-state index contributed by atoms with van der Waals surface area (Å²) in [6.07, 6.45) is 24.2. The van der Waals surface area contributed by atoms with Crippen LogP contribution >= 0.6 is 11.3 Å². The highest BCUT2D eigenvalue weighted by Gasteiger charge is 2.52. The minimum atomic E-state index is -0.0928. The van der Waals surface area contributed by atoms with Crippen molar-refractivity contribution in [1.29, 1.82) is 0 Å². The van der Waals surface area contributed by atoms with E-state index in [4.69, 9.17) is 0 Å². The molecular formula is C72H92BN3S. The highest BCUT2D eigenvalue weighted by atomic mass is 32.1. The molecule has 0 bridgehead atoms. The summed E-state index contributed by atoms with van der Waals surface area (Å²) in [6, 6.07) is 27.6. The van der Waals surface area contributed by atoms with Gasteiger partial charge >= 0.3 is 0 Å². The van der Waals surface area contributed by atoms with Gasteiger partial charge in [0, 0.05) is 60.2 Å². The van der Waals surface area contributed by atoms with Crippen molar-refractivity contribution in [2.45, 2.75) is 204 Å². The van der Waals surface area contributed by atoms with Crippen molar-refractivity contribution in [3.63, 3.8) is 0 Å². The van der Waals surface area contributed by atoms with Crippen LogP contribution in [-0.4, -0.2) is 12.3 Å². The predicted molar refractivity (Wildman–Crippen MR) is 337 cm³/mol. The molecule has 404 valence electrons. The number of thiophene rings is 1. The summed E-state index contributed by atoms with van der Waals surface area (Å²) in [5.74, 6) is 3.48. The van der Waals surface area contributed by atoms with E-state index < -0.39 is 0 Å². The molecule has 4 aromatic carbocycles. The third-order valence-electron chi connectivity index (χ3n) is 21.4. The number of hydrogen-bond donors (Lipinski definition) is 0. The summed E-state index contributed by atoms with van der Waals surface area (Å²) in [5, 5.41) is 1.45. The zero-order chi connectivity index (χ0) is 54.6. The predicted octanol–water partition coefficient (Wildman–Crippen LogP) is 19.7. The monoisotopic (exact) mass is 1040 g/mol. The van der Waals surface area contributed by atoms with Crippen LogP contribution in [0.1, 0.15) is 208 Å². The van der Waals surface area contributed by atoms with Gasteiger partial charge in [0.25, 0.3) is 6.71 Å². The topological polar surface area (TPSA) is 9.72 Å². The largest absolute Gasteiger partial charge is 0.335 e. The standard InChI is InChI=1S/C72H92BN3S/c1-43(2)48-28-31-59-61(36-48)75(60-42-57(69(10,11)12)56(35-46(60)5)68(7,8)9)63-39-51(76(49-24-19-18-20-25-49)72(17)32-22-21-23-47(72)6)38-62-65(63)73(59)67-66(54-40-52-44(3)26-27-45(4)53(52)41-64(54)77-67)74(62)50-29-30-55-58(37-50)71(15,16)34-33-70(55,13)14/h18-20,24-25,28-31,35,37-45,47-48,55,58H,21-23,26-27,32-34,36H2,1-17H3. The summed E-state index contributed by atoms with van der Waals surface area (Å²) in [5.41, 5.74) is 21.6. The molecule has 2 saturated carbocycles. The Labute approximate surface area is 470 Å². The van der Waals surface area contributed by atoms with Crippen molar-refractivity contribution in [1.82, 2.24) is 0 Å². The summed E-state index contributed by atoms with van der Waals surface area (Å²) in [4.78, 5) is 8.55. The van der Waals surface area contributed by atoms with Crippen molar-refractivity contribution in [3.05, 3.63) is 142 Å². The second-order valence-corrected chi connectivity index (χ2v) is 31.0. The minimum Gasteiger partial charge on any atom is -0.335 e. The third-order valence-corrected chi connectivity index (χ3v) is 22.6. The number of allylic oxidation sites excluding steroid dienone is 7. The van der Waals surface area contributed by atoms with Crippen LogP contribution in [0.4, 0.5) is 34.1 Å². The van der Waals surface area contributed by atoms with Crippen LogP contribution in [0.3, 0.4) is 0 Å². The number of fused-ring (bicyclic) bond motifs is 7. The quantitative estimate of drug-likeness (QED) is 0.157. The second kappa shape index (κ2) is 18.4. The molecule has 2 aliphatic heterocycles. The Morgan fingerprint density at radius 3 is 1.96 bits per heavy atom. The molecule has 77 heavy (non-hydrogen) atoms. The number of hydrogen-bond acceptors (Lipinski definition) is 4. The maximum absolute atomic E-state index is 2.86. The highest BCUT2D eigenvalue weighted by Crippen LogP contribution is 2.59. The zero-order valence-corrected chi connectivity index (χ0v) is 51.3. The van der Waals surface area contributed by atoms with Crippen LogP contribution in [0, 0.1) is 47.3 Å². The SMILES string of the molecule is Cc1cc(C(C)(C)C)c(C(C)(C)C)cc1N1C2=C(C=CC(C(C)C)C2)B2c3sc4cc5c(cc4c3N(C3=CC4C(C=C3)C(C)(C)CCC4(C)C)c3cc(N(c4ccccc4)C4(C)CCCCC4C)cc1c32)C(C)CCC5C. The molecule has 0 spiro atoms. The van der Waals surface area contributed by atoms with Crippen LogP contribution in [0.25, 0.3) is 10.1 Å². The first-order valence-corrected chi connectivity index (χ1v) is 31.3. The minimum absolute atomic E-state index is 0.00369. The molecule has 0 radical (unpaired) electrons. The Hall–Kier alpha value is -4.74. The van der Waals surface area contributed by atoms with E-state index in [1.165, 1.54) is 133 Å². The molecule has 5 aliphatic carbocycles. The lowest BCUT2D eigenvalue weighted by Gasteiger charge is -2.53. The fraction of sp³-hybridized carbons (Fsp3) is 0.528. The molecule has 0 N–H and O–H groups in total. The van der Waals surface area contributed by atoms with Gasteiger partial charge in [-0.2, -0.15) is 0 Å². The molecule has 7 atom stereocenters. The molecule has 7 unspecified atom stereocenters. The molecular weight excluding hydrogens is 950 g/mol. The van der Waals surface area contributed by atoms with Crippen molar-refractivity contribution < 1.29 is 0 Å². The molecule has 3 nitrogen and oxygen atoms in total. The Bertz CT molecular complexity index is 3310. The van der Waals surface area contributed by atoms with Crippen molar-refractivity contribution in [2.75, 3.05) is 14.7 Å². The van der Waals surface area contributed by atoms with Crippen LogP contribution in [-0.2, 0) is 10.8 Å². The Morgan fingerprint density at radius 1 is 0.675 bits per heavy atom. The van der Waals surface area contributed by atoms with E-state index in [1.807, 2.05) is 0 Å². The van der Waals surface area contributed by atoms with E-state index in [0.29, 0.717) is 41.4 Å². The first kappa shape index (κ1) is 52.9. The molecule has 0 amide bonds. The Morgan fingerprint density at radius 2 is 1.31 bits per heavy atom. The van der Waals surface area contributed by atoms with Gasteiger partial charge in [-0.15, -0.1) is 11.3 Å². The number of nitrogens with zero attached hydrogens (tertiary/aromatic N) is 3. The molecule has 2 fully saturated rings. The van der Waals surface area contributed by atoms with Gasteiger partial charge in [-0.05, 0) is 209 Å². The van der Waals surface area contributed by atoms with Crippen LogP contribution in [0.5, 0.6) is 0 Å². The fourth-order valence-electron chi connectivity index (χ4n) is 16.2. The maximum atomic E-state index is 2.86. The molecule has 5 heteroatoms. The van der Waals surface area contributed by atoms with Crippen molar-refractivity contribution in [3.8, 4) is 0 Å². The molecule has 1 aromatic heterocycles. The van der Waals surface area contributed by atoms with Gasteiger partial charge in [-0.3, -0.25) is 0 Å². The zero-order valence-electron chi connectivity index (χ0n) is 50.5. The van der Waals surface area contributed by atoms with Crippen LogP contribution < -0.4 is 24.9 Å². The van der Waals surface area contributed by atoms with E-state index in [-0.39, 0.29) is 33.9 Å². The first-order valence-electron chi connectivity index (χ1n) is 30.5. The third kappa shape index (κ3) is 8.44. The molecule has 5 aromatic rings. The number of rotatable bonds is 6. The van der Waals surface area contributed by atoms with Crippen LogP contribution in [0.15, 0.2) is 114 Å².